The monoisotopic (exact) mass is 267 g/mol. The zero-order chi connectivity index (χ0) is 14.6. The average molecular weight is 267 g/mol. The third kappa shape index (κ3) is 4.03. The first kappa shape index (κ1) is 14.6. The summed E-state index contributed by atoms with van der Waals surface area (Å²) in [5.41, 5.74) is 5.23. The van der Waals surface area contributed by atoms with Gasteiger partial charge in [-0.25, -0.2) is 0 Å². The molecule has 0 aliphatic heterocycles. The second-order valence-electron chi connectivity index (χ2n) is 3.94. The Hall–Kier alpha value is -2.48. The van der Waals surface area contributed by atoms with Crippen molar-refractivity contribution in [1.29, 1.82) is 0 Å². The molecule has 0 radical (unpaired) electrons. The summed E-state index contributed by atoms with van der Waals surface area (Å²) in [6.45, 7) is 1.26. The van der Waals surface area contributed by atoms with Gasteiger partial charge in [-0.1, -0.05) is 0 Å². The van der Waals surface area contributed by atoms with Crippen LogP contribution in [0, 0.1) is 17.0 Å². The quantitative estimate of drug-likeness (QED) is 0.487. The number of carbonyl (C=O) groups is 2. The Kier molecular flexibility index (Phi) is 4.54. The molecule has 0 fully saturated rings. The number of carbonyl (C=O) groups excluding carboxylic acids is 2. The molecule has 102 valence electrons. The zero-order valence-electron chi connectivity index (χ0n) is 10.1. The number of nitro benzene ring substituents is 1. The van der Waals surface area contributed by atoms with Crippen LogP contribution in [-0.4, -0.2) is 34.5 Å². The van der Waals surface area contributed by atoms with E-state index in [1.165, 1.54) is 12.1 Å². The van der Waals surface area contributed by atoms with E-state index in [-0.39, 0.29) is 17.8 Å². The van der Waals surface area contributed by atoms with Crippen LogP contribution in [-0.2, 0) is 4.79 Å². The highest BCUT2D eigenvalue weighted by Gasteiger charge is 2.16. The van der Waals surface area contributed by atoms with Crippen LogP contribution in [0.2, 0.25) is 0 Å². The lowest BCUT2D eigenvalue weighted by molar-refractivity contribution is -0.384. The van der Waals surface area contributed by atoms with E-state index in [9.17, 15) is 19.7 Å². The number of amides is 2. The number of rotatable bonds is 5. The fraction of sp³-hybridized carbons (Fsp3) is 0.273. The number of nitrogens with zero attached hydrogens (tertiary/aromatic N) is 1. The Balaban J connectivity index is 2.82. The van der Waals surface area contributed by atoms with Gasteiger partial charge in [0.15, 0.2) is 0 Å². The Morgan fingerprint density at radius 1 is 1.47 bits per heavy atom. The van der Waals surface area contributed by atoms with Gasteiger partial charge >= 0.3 is 0 Å². The maximum atomic E-state index is 11.7. The van der Waals surface area contributed by atoms with Gasteiger partial charge in [0.25, 0.3) is 11.6 Å². The minimum absolute atomic E-state index is 0.0726. The second kappa shape index (κ2) is 5.91. The number of aryl methyl sites for hydroxylation is 1. The Bertz CT molecular complexity index is 529. The van der Waals surface area contributed by atoms with E-state index in [0.29, 0.717) is 5.56 Å². The lowest BCUT2D eigenvalue weighted by Gasteiger charge is -2.08. The molecule has 0 spiro atoms. The van der Waals surface area contributed by atoms with Gasteiger partial charge in [0.05, 0.1) is 11.5 Å². The lowest BCUT2D eigenvalue weighted by Crippen LogP contribution is -2.40. The first-order valence-electron chi connectivity index (χ1n) is 5.33. The number of nitro groups is 1. The smallest absolute Gasteiger partial charge is 0.270 e. The van der Waals surface area contributed by atoms with E-state index in [1.807, 2.05) is 0 Å². The predicted molar refractivity (Wildman–Crippen MR) is 65.4 cm³/mol. The summed E-state index contributed by atoms with van der Waals surface area (Å²) in [6, 6.07) is 3.90. The van der Waals surface area contributed by atoms with Gasteiger partial charge in [-0.2, -0.15) is 0 Å². The van der Waals surface area contributed by atoms with Crippen molar-refractivity contribution in [1.82, 2.24) is 5.32 Å². The zero-order valence-corrected chi connectivity index (χ0v) is 10.1. The average Bonchev–Trinajstić information content (AvgIpc) is 2.34. The summed E-state index contributed by atoms with van der Waals surface area (Å²) in [4.78, 5) is 32.3. The Morgan fingerprint density at radius 3 is 2.63 bits per heavy atom. The van der Waals surface area contributed by atoms with Crippen molar-refractivity contribution in [2.45, 2.75) is 13.0 Å². The van der Waals surface area contributed by atoms with Crippen LogP contribution < -0.4 is 11.1 Å². The molecule has 2 amide bonds. The van der Waals surface area contributed by atoms with Crippen molar-refractivity contribution in [2.75, 3.05) is 6.54 Å². The molecule has 0 saturated carbocycles. The summed E-state index contributed by atoms with van der Waals surface area (Å²) in [6.07, 6.45) is -1.50. The number of aliphatic hydroxyl groups excluding tert-OH is 1. The highest BCUT2D eigenvalue weighted by molar-refractivity contribution is 5.95. The highest BCUT2D eigenvalue weighted by Crippen LogP contribution is 2.16. The number of hydrogen-bond acceptors (Lipinski definition) is 5. The topological polar surface area (TPSA) is 136 Å². The normalized spacial score (nSPS) is 11.7. The summed E-state index contributed by atoms with van der Waals surface area (Å²) < 4.78 is 0. The number of hydrogen-bond donors (Lipinski definition) is 3. The van der Waals surface area contributed by atoms with Gasteiger partial charge in [-0.05, 0) is 18.6 Å². The van der Waals surface area contributed by atoms with Gasteiger partial charge in [-0.3, -0.25) is 19.7 Å². The third-order valence-electron chi connectivity index (χ3n) is 2.32. The maximum absolute atomic E-state index is 11.7. The van der Waals surface area contributed by atoms with Crippen molar-refractivity contribution in [3.05, 3.63) is 39.4 Å². The van der Waals surface area contributed by atoms with E-state index in [0.717, 1.165) is 6.07 Å². The molecule has 1 unspecified atom stereocenters. The number of nitrogens with two attached hydrogens (primary N) is 1. The van der Waals surface area contributed by atoms with Crippen LogP contribution in [0.5, 0.6) is 0 Å². The number of aliphatic hydroxyl groups is 1. The number of non-ortho nitro benzene ring substituents is 1. The molecule has 0 aliphatic rings. The maximum Gasteiger partial charge on any atom is 0.270 e. The standard InChI is InChI=1S/C11H13N3O5/c1-6-2-7(4-8(3-6)14(18)19)11(17)13-5-9(15)10(12)16/h2-4,9,15H,5H2,1H3,(H2,12,16)(H,13,17). The van der Waals surface area contributed by atoms with Gasteiger partial charge in [-0.15, -0.1) is 0 Å². The van der Waals surface area contributed by atoms with Crippen molar-refractivity contribution >= 4 is 17.5 Å². The minimum Gasteiger partial charge on any atom is -0.381 e. The van der Waals surface area contributed by atoms with Crippen LogP contribution in [0.3, 0.4) is 0 Å². The first-order valence-corrected chi connectivity index (χ1v) is 5.33. The molecule has 1 atom stereocenters. The number of nitrogens with one attached hydrogen (secondary N) is 1. The molecule has 0 heterocycles. The molecule has 1 aromatic carbocycles. The second-order valence-corrected chi connectivity index (χ2v) is 3.94. The molecule has 0 bridgehead atoms. The first-order chi connectivity index (χ1) is 8.81. The minimum atomic E-state index is -1.50. The Labute approximate surface area is 108 Å². The van der Waals surface area contributed by atoms with Crippen LogP contribution in [0.15, 0.2) is 18.2 Å². The molecular formula is C11H13N3O5. The van der Waals surface area contributed by atoms with Crippen LogP contribution in [0.25, 0.3) is 0 Å². The van der Waals surface area contributed by atoms with Crippen molar-refractivity contribution in [3.63, 3.8) is 0 Å². The van der Waals surface area contributed by atoms with Crippen molar-refractivity contribution < 1.29 is 19.6 Å². The molecule has 4 N–H and O–H groups in total. The van der Waals surface area contributed by atoms with E-state index in [2.05, 4.69) is 5.32 Å². The van der Waals surface area contributed by atoms with E-state index in [4.69, 9.17) is 10.8 Å². The van der Waals surface area contributed by atoms with Crippen molar-refractivity contribution in [2.24, 2.45) is 5.73 Å². The molecular weight excluding hydrogens is 254 g/mol. The van der Waals surface area contributed by atoms with Crippen LogP contribution in [0.4, 0.5) is 5.69 Å². The molecule has 1 aromatic rings. The Morgan fingerprint density at radius 2 is 2.11 bits per heavy atom. The fourth-order valence-corrected chi connectivity index (χ4v) is 1.39. The summed E-state index contributed by atoms with van der Waals surface area (Å²) in [5.74, 6) is -1.59. The van der Waals surface area contributed by atoms with Gasteiger partial charge in [0, 0.05) is 17.7 Å². The van der Waals surface area contributed by atoms with Crippen molar-refractivity contribution in [3.8, 4) is 0 Å². The fourth-order valence-electron chi connectivity index (χ4n) is 1.39. The summed E-state index contributed by atoms with van der Waals surface area (Å²) in [7, 11) is 0. The van der Waals surface area contributed by atoms with Gasteiger partial charge in [0.2, 0.25) is 5.91 Å². The predicted octanol–water partition coefficient (Wildman–Crippen LogP) is -0.521. The molecule has 8 heteroatoms. The molecule has 19 heavy (non-hydrogen) atoms. The summed E-state index contributed by atoms with van der Waals surface area (Å²) >= 11 is 0. The third-order valence-corrected chi connectivity index (χ3v) is 2.32. The molecule has 1 rings (SSSR count). The molecule has 0 aromatic heterocycles. The van der Waals surface area contributed by atoms with Crippen LogP contribution in [0.1, 0.15) is 15.9 Å². The lowest BCUT2D eigenvalue weighted by atomic mass is 10.1. The largest absolute Gasteiger partial charge is 0.381 e. The SMILES string of the molecule is Cc1cc(C(=O)NCC(O)C(N)=O)cc([N+](=O)[O-])c1. The van der Waals surface area contributed by atoms with Gasteiger partial charge < -0.3 is 16.2 Å². The number of benzene rings is 1. The summed E-state index contributed by atoms with van der Waals surface area (Å²) in [5, 5.41) is 22.0. The number of primary amides is 1. The molecule has 0 saturated heterocycles. The van der Waals surface area contributed by atoms with E-state index >= 15 is 0 Å². The van der Waals surface area contributed by atoms with E-state index in [1.54, 1.807) is 6.92 Å². The van der Waals surface area contributed by atoms with Gasteiger partial charge in [0.1, 0.15) is 6.10 Å². The molecule has 8 nitrogen and oxygen atoms in total. The highest BCUT2D eigenvalue weighted by atomic mass is 16.6. The molecule has 0 aliphatic carbocycles. The van der Waals surface area contributed by atoms with Crippen LogP contribution >= 0.6 is 0 Å². The van der Waals surface area contributed by atoms with E-state index < -0.39 is 22.8 Å².